The first-order valence-electron chi connectivity index (χ1n) is 6.32. The number of carbonyl (C=O) groups is 1. The summed E-state index contributed by atoms with van der Waals surface area (Å²) < 4.78 is 6.06. The van der Waals surface area contributed by atoms with Crippen molar-refractivity contribution in [1.29, 1.82) is 0 Å². The molecule has 0 saturated heterocycles. The SMILES string of the molecule is COc1c(Br)cc(Cl)cc1CC(C(=O)O)c1ccccc1. The van der Waals surface area contributed by atoms with Crippen LogP contribution >= 0.6 is 27.5 Å². The van der Waals surface area contributed by atoms with Crippen LogP contribution in [-0.4, -0.2) is 18.2 Å². The zero-order valence-corrected chi connectivity index (χ0v) is 13.7. The normalized spacial score (nSPS) is 12.0. The fourth-order valence-electron chi connectivity index (χ4n) is 2.25. The minimum atomic E-state index is -0.876. The highest BCUT2D eigenvalue weighted by Gasteiger charge is 2.23. The molecule has 0 heterocycles. The van der Waals surface area contributed by atoms with Crippen LogP contribution in [0.3, 0.4) is 0 Å². The molecular weight excluding hydrogens is 356 g/mol. The lowest BCUT2D eigenvalue weighted by Crippen LogP contribution is -2.15. The van der Waals surface area contributed by atoms with Crippen molar-refractivity contribution in [3.8, 4) is 5.75 Å². The van der Waals surface area contributed by atoms with Gasteiger partial charge in [0, 0.05) is 5.02 Å². The van der Waals surface area contributed by atoms with Crippen molar-refractivity contribution in [2.24, 2.45) is 0 Å². The van der Waals surface area contributed by atoms with Crippen molar-refractivity contribution >= 4 is 33.5 Å². The van der Waals surface area contributed by atoms with Gasteiger partial charge in [0.15, 0.2) is 0 Å². The van der Waals surface area contributed by atoms with Crippen molar-refractivity contribution in [3.05, 3.63) is 63.1 Å². The van der Waals surface area contributed by atoms with E-state index >= 15 is 0 Å². The molecule has 0 saturated carbocycles. The van der Waals surface area contributed by atoms with Crippen LogP contribution in [0.15, 0.2) is 46.9 Å². The van der Waals surface area contributed by atoms with Gasteiger partial charge < -0.3 is 9.84 Å². The van der Waals surface area contributed by atoms with Gasteiger partial charge >= 0.3 is 5.97 Å². The summed E-state index contributed by atoms with van der Waals surface area (Å²) in [5.41, 5.74) is 1.51. The maximum absolute atomic E-state index is 11.6. The Bertz CT molecular complexity index is 643. The number of carboxylic acid groups (broad SMARTS) is 1. The van der Waals surface area contributed by atoms with E-state index in [0.717, 1.165) is 11.1 Å². The van der Waals surface area contributed by atoms with Crippen LogP contribution in [-0.2, 0) is 11.2 Å². The molecule has 1 N–H and O–H groups in total. The molecule has 2 aromatic carbocycles. The summed E-state index contributed by atoms with van der Waals surface area (Å²) in [6.45, 7) is 0. The van der Waals surface area contributed by atoms with Gasteiger partial charge in [0.05, 0.1) is 17.5 Å². The van der Waals surface area contributed by atoms with Crippen LogP contribution in [0.1, 0.15) is 17.0 Å². The Balaban J connectivity index is 2.41. The second-order valence-corrected chi connectivity index (χ2v) is 5.88. The molecule has 0 aliphatic carbocycles. The largest absolute Gasteiger partial charge is 0.495 e. The molecule has 0 radical (unpaired) electrons. The first kappa shape index (κ1) is 15.9. The summed E-state index contributed by atoms with van der Waals surface area (Å²) in [5.74, 6) is -0.911. The van der Waals surface area contributed by atoms with E-state index in [1.807, 2.05) is 30.3 Å². The fraction of sp³-hybridized carbons (Fsp3) is 0.188. The first-order valence-corrected chi connectivity index (χ1v) is 7.49. The van der Waals surface area contributed by atoms with Crippen LogP contribution < -0.4 is 4.74 Å². The van der Waals surface area contributed by atoms with Crippen LogP contribution in [0.25, 0.3) is 0 Å². The molecule has 3 nitrogen and oxygen atoms in total. The average molecular weight is 370 g/mol. The molecule has 0 bridgehead atoms. The standard InChI is InChI=1S/C16H14BrClO3/c1-21-15-11(7-12(18)9-14(15)17)8-13(16(19)20)10-5-3-2-4-6-10/h2-7,9,13H,8H2,1H3,(H,19,20). The molecule has 2 aromatic rings. The third-order valence-corrected chi connectivity index (χ3v) is 4.02. The fourth-order valence-corrected chi connectivity index (χ4v) is 3.28. The highest BCUT2D eigenvalue weighted by atomic mass is 79.9. The summed E-state index contributed by atoms with van der Waals surface area (Å²) >= 11 is 9.44. The Kier molecular flexibility index (Phi) is 5.26. The Morgan fingerprint density at radius 2 is 2.00 bits per heavy atom. The topological polar surface area (TPSA) is 46.5 Å². The van der Waals surface area contributed by atoms with Gasteiger partial charge in [-0.25, -0.2) is 0 Å². The van der Waals surface area contributed by atoms with Gasteiger partial charge in [-0.05, 0) is 45.6 Å². The van der Waals surface area contributed by atoms with Crippen molar-refractivity contribution in [2.45, 2.75) is 12.3 Å². The molecule has 1 unspecified atom stereocenters. The predicted molar refractivity (Wildman–Crippen MR) is 86.2 cm³/mol. The summed E-state index contributed by atoms with van der Waals surface area (Å²) in [6.07, 6.45) is 0.307. The molecule has 0 spiro atoms. The number of benzene rings is 2. The van der Waals surface area contributed by atoms with E-state index in [2.05, 4.69) is 15.9 Å². The van der Waals surface area contributed by atoms with Gasteiger partial charge in [-0.2, -0.15) is 0 Å². The van der Waals surface area contributed by atoms with Gasteiger partial charge in [0.25, 0.3) is 0 Å². The molecule has 2 rings (SSSR count). The van der Waals surface area contributed by atoms with Gasteiger partial charge in [0.2, 0.25) is 0 Å². The van der Waals surface area contributed by atoms with E-state index < -0.39 is 11.9 Å². The predicted octanol–water partition coefficient (Wildman–Crippen LogP) is 4.52. The number of rotatable bonds is 5. The molecule has 1 atom stereocenters. The number of methoxy groups -OCH3 is 1. The highest BCUT2D eigenvalue weighted by Crippen LogP contribution is 2.35. The monoisotopic (exact) mass is 368 g/mol. The van der Waals surface area contributed by atoms with Gasteiger partial charge in [-0.1, -0.05) is 41.9 Å². The number of aliphatic carboxylic acids is 1. The third kappa shape index (κ3) is 3.77. The quantitative estimate of drug-likeness (QED) is 0.843. The summed E-state index contributed by atoms with van der Waals surface area (Å²) in [4.78, 5) is 11.6. The third-order valence-electron chi connectivity index (χ3n) is 3.21. The van der Waals surface area contributed by atoms with Gasteiger partial charge in [-0.3, -0.25) is 4.79 Å². The number of hydrogen-bond donors (Lipinski definition) is 1. The molecule has 21 heavy (non-hydrogen) atoms. The molecule has 0 amide bonds. The Hall–Kier alpha value is -1.52. The number of hydrogen-bond acceptors (Lipinski definition) is 2. The van der Waals surface area contributed by atoms with Gasteiger partial charge in [-0.15, -0.1) is 0 Å². The van der Waals surface area contributed by atoms with E-state index in [1.165, 1.54) is 0 Å². The lowest BCUT2D eigenvalue weighted by Gasteiger charge is -2.16. The second-order valence-electron chi connectivity index (χ2n) is 4.59. The van der Waals surface area contributed by atoms with Crippen LogP contribution in [0.4, 0.5) is 0 Å². The van der Waals surface area contributed by atoms with E-state index in [0.29, 0.717) is 21.7 Å². The van der Waals surface area contributed by atoms with Crippen molar-refractivity contribution < 1.29 is 14.6 Å². The Morgan fingerprint density at radius 3 is 2.57 bits per heavy atom. The van der Waals surface area contributed by atoms with Crippen LogP contribution in [0, 0.1) is 0 Å². The van der Waals surface area contributed by atoms with E-state index in [4.69, 9.17) is 16.3 Å². The lowest BCUT2D eigenvalue weighted by molar-refractivity contribution is -0.138. The van der Waals surface area contributed by atoms with Crippen molar-refractivity contribution in [2.75, 3.05) is 7.11 Å². The maximum Gasteiger partial charge on any atom is 0.311 e. The number of carboxylic acids is 1. The smallest absolute Gasteiger partial charge is 0.311 e. The number of ether oxygens (including phenoxy) is 1. The molecule has 5 heteroatoms. The maximum atomic E-state index is 11.6. The van der Waals surface area contributed by atoms with Crippen LogP contribution in [0.2, 0.25) is 5.02 Å². The molecular formula is C16H14BrClO3. The second kappa shape index (κ2) is 6.96. The molecule has 0 fully saturated rings. The molecule has 110 valence electrons. The van der Waals surface area contributed by atoms with E-state index in [1.54, 1.807) is 19.2 Å². The Morgan fingerprint density at radius 1 is 1.33 bits per heavy atom. The van der Waals surface area contributed by atoms with E-state index in [9.17, 15) is 9.90 Å². The molecule has 0 aromatic heterocycles. The van der Waals surface area contributed by atoms with Crippen molar-refractivity contribution in [1.82, 2.24) is 0 Å². The number of halogens is 2. The summed E-state index contributed by atoms with van der Waals surface area (Å²) in [6, 6.07) is 12.6. The minimum absolute atomic E-state index is 0.307. The molecule has 0 aliphatic rings. The van der Waals surface area contributed by atoms with Crippen molar-refractivity contribution in [3.63, 3.8) is 0 Å². The molecule has 0 aliphatic heterocycles. The minimum Gasteiger partial charge on any atom is -0.495 e. The summed E-state index contributed by atoms with van der Waals surface area (Å²) in [7, 11) is 1.55. The van der Waals surface area contributed by atoms with Gasteiger partial charge in [0.1, 0.15) is 5.75 Å². The van der Waals surface area contributed by atoms with Crippen LogP contribution in [0.5, 0.6) is 5.75 Å². The first-order chi connectivity index (χ1) is 10.0. The lowest BCUT2D eigenvalue weighted by atomic mass is 9.92. The Labute approximate surface area is 136 Å². The average Bonchev–Trinajstić information content (AvgIpc) is 2.45. The van der Waals surface area contributed by atoms with E-state index in [-0.39, 0.29) is 0 Å². The summed E-state index contributed by atoms with van der Waals surface area (Å²) in [5, 5.41) is 10.0. The zero-order valence-electron chi connectivity index (χ0n) is 11.3. The highest BCUT2D eigenvalue weighted by molar-refractivity contribution is 9.10. The zero-order chi connectivity index (χ0) is 15.4.